The molecular weight excluding hydrogens is 242 g/mol. The van der Waals surface area contributed by atoms with Crippen molar-refractivity contribution in [3.05, 3.63) is 24.3 Å². The highest BCUT2D eigenvalue weighted by Crippen LogP contribution is 2.23. The maximum atomic E-state index is 11.8. The third kappa shape index (κ3) is 4.13. The SMILES string of the molecule is COc1cccc(NC(=O)NCC2CCC(N)C2)c1. The number of anilines is 1. The van der Waals surface area contributed by atoms with Crippen LogP contribution in [0.25, 0.3) is 0 Å². The number of carbonyl (C=O) groups is 1. The zero-order valence-corrected chi connectivity index (χ0v) is 11.2. The first-order chi connectivity index (χ1) is 9.17. The highest BCUT2D eigenvalue weighted by atomic mass is 16.5. The number of methoxy groups -OCH3 is 1. The molecule has 1 fully saturated rings. The molecule has 0 aromatic heterocycles. The van der Waals surface area contributed by atoms with E-state index in [0.717, 1.165) is 30.7 Å². The first-order valence-electron chi connectivity index (χ1n) is 6.62. The fourth-order valence-electron chi connectivity index (χ4n) is 2.41. The van der Waals surface area contributed by atoms with E-state index in [1.807, 2.05) is 18.2 Å². The number of urea groups is 1. The predicted molar refractivity (Wildman–Crippen MR) is 75.3 cm³/mol. The van der Waals surface area contributed by atoms with Crippen molar-refractivity contribution in [3.63, 3.8) is 0 Å². The van der Waals surface area contributed by atoms with Crippen LogP contribution in [0.2, 0.25) is 0 Å². The summed E-state index contributed by atoms with van der Waals surface area (Å²) in [6.07, 6.45) is 3.16. The Kier molecular flexibility index (Phi) is 4.63. The Morgan fingerprint density at radius 2 is 2.32 bits per heavy atom. The van der Waals surface area contributed by atoms with Gasteiger partial charge in [0.25, 0.3) is 0 Å². The molecule has 0 bridgehead atoms. The van der Waals surface area contributed by atoms with Crippen molar-refractivity contribution in [3.8, 4) is 5.75 Å². The summed E-state index contributed by atoms with van der Waals surface area (Å²) in [4.78, 5) is 11.8. The number of benzene rings is 1. The zero-order valence-electron chi connectivity index (χ0n) is 11.2. The molecule has 5 heteroatoms. The van der Waals surface area contributed by atoms with Crippen LogP contribution in [-0.4, -0.2) is 25.7 Å². The molecule has 2 unspecified atom stereocenters. The molecule has 1 aliphatic carbocycles. The molecular formula is C14H21N3O2. The van der Waals surface area contributed by atoms with Gasteiger partial charge < -0.3 is 21.1 Å². The average molecular weight is 263 g/mol. The number of nitrogens with two attached hydrogens (primary N) is 1. The van der Waals surface area contributed by atoms with Gasteiger partial charge in [-0.15, -0.1) is 0 Å². The lowest BCUT2D eigenvalue weighted by Gasteiger charge is -2.12. The standard InChI is InChI=1S/C14H21N3O2/c1-19-13-4-2-3-12(8-13)17-14(18)16-9-10-5-6-11(15)7-10/h2-4,8,10-11H,5-7,9,15H2,1H3,(H2,16,17,18). The first-order valence-corrected chi connectivity index (χ1v) is 6.62. The quantitative estimate of drug-likeness (QED) is 0.777. The number of nitrogens with one attached hydrogen (secondary N) is 2. The van der Waals surface area contributed by atoms with Crippen molar-refractivity contribution in [1.29, 1.82) is 0 Å². The predicted octanol–water partition coefficient (Wildman–Crippen LogP) is 1.94. The number of ether oxygens (including phenoxy) is 1. The Balaban J connectivity index is 1.77. The molecule has 0 heterocycles. The topological polar surface area (TPSA) is 76.4 Å². The smallest absolute Gasteiger partial charge is 0.319 e. The summed E-state index contributed by atoms with van der Waals surface area (Å²) in [5.74, 6) is 1.23. The van der Waals surface area contributed by atoms with E-state index in [4.69, 9.17) is 10.5 Å². The minimum absolute atomic E-state index is 0.186. The van der Waals surface area contributed by atoms with E-state index in [1.54, 1.807) is 13.2 Å². The second-order valence-corrected chi connectivity index (χ2v) is 5.01. The maximum Gasteiger partial charge on any atom is 0.319 e. The van der Waals surface area contributed by atoms with Crippen LogP contribution in [0.1, 0.15) is 19.3 Å². The van der Waals surface area contributed by atoms with Crippen LogP contribution in [0.4, 0.5) is 10.5 Å². The number of hydrogen-bond donors (Lipinski definition) is 3. The Morgan fingerprint density at radius 1 is 1.47 bits per heavy atom. The summed E-state index contributed by atoms with van der Waals surface area (Å²) in [6.45, 7) is 0.684. The third-order valence-corrected chi connectivity index (χ3v) is 3.46. The fraction of sp³-hybridized carbons (Fsp3) is 0.500. The average Bonchev–Trinajstić information content (AvgIpc) is 2.82. The zero-order chi connectivity index (χ0) is 13.7. The Morgan fingerprint density at radius 3 is 3.00 bits per heavy atom. The summed E-state index contributed by atoms with van der Waals surface area (Å²) >= 11 is 0. The molecule has 1 aromatic rings. The third-order valence-electron chi connectivity index (χ3n) is 3.46. The number of carbonyl (C=O) groups excluding carboxylic acids is 1. The molecule has 0 radical (unpaired) electrons. The first kappa shape index (κ1) is 13.7. The van der Waals surface area contributed by atoms with E-state index in [1.165, 1.54) is 0 Å². The van der Waals surface area contributed by atoms with Crippen LogP contribution < -0.4 is 21.1 Å². The summed E-state index contributed by atoms with van der Waals surface area (Å²) < 4.78 is 5.10. The van der Waals surface area contributed by atoms with Crippen molar-refractivity contribution in [1.82, 2.24) is 5.32 Å². The minimum Gasteiger partial charge on any atom is -0.497 e. The van der Waals surface area contributed by atoms with Crippen molar-refractivity contribution in [2.45, 2.75) is 25.3 Å². The molecule has 19 heavy (non-hydrogen) atoms. The summed E-state index contributed by atoms with van der Waals surface area (Å²) in [5, 5.41) is 5.68. The molecule has 2 rings (SSSR count). The fourth-order valence-corrected chi connectivity index (χ4v) is 2.41. The number of amides is 2. The molecule has 1 aromatic carbocycles. The Labute approximate surface area is 113 Å². The van der Waals surface area contributed by atoms with Crippen LogP contribution in [0.3, 0.4) is 0 Å². The molecule has 1 saturated carbocycles. The summed E-state index contributed by atoms with van der Waals surface area (Å²) in [7, 11) is 1.60. The van der Waals surface area contributed by atoms with E-state index >= 15 is 0 Å². The van der Waals surface area contributed by atoms with Gasteiger partial charge in [0.15, 0.2) is 0 Å². The van der Waals surface area contributed by atoms with Crippen LogP contribution in [0.5, 0.6) is 5.75 Å². The molecule has 0 saturated heterocycles. The van der Waals surface area contributed by atoms with Crippen LogP contribution >= 0.6 is 0 Å². The molecule has 2 amide bonds. The summed E-state index contributed by atoms with van der Waals surface area (Å²) in [5.41, 5.74) is 6.57. The normalized spacial score (nSPS) is 22.0. The van der Waals surface area contributed by atoms with Gasteiger partial charge in [-0.3, -0.25) is 0 Å². The molecule has 104 valence electrons. The van der Waals surface area contributed by atoms with Gasteiger partial charge in [-0.05, 0) is 37.3 Å². The molecule has 4 N–H and O–H groups in total. The van der Waals surface area contributed by atoms with Crippen molar-refractivity contribution >= 4 is 11.7 Å². The van der Waals surface area contributed by atoms with Gasteiger partial charge in [-0.25, -0.2) is 4.79 Å². The lowest BCUT2D eigenvalue weighted by atomic mass is 10.1. The Bertz CT molecular complexity index is 436. The maximum absolute atomic E-state index is 11.8. The second-order valence-electron chi connectivity index (χ2n) is 5.01. The molecule has 1 aliphatic rings. The van der Waals surface area contributed by atoms with Crippen LogP contribution in [0.15, 0.2) is 24.3 Å². The largest absolute Gasteiger partial charge is 0.497 e. The molecule has 5 nitrogen and oxygen atoms in total. The van der Waals surface area contributed by atoms with Crippen molar-refractivity contribution in [2.75, 3.05) is 19.0 Å². The van der Waals surface area contributed by atoms with E-state index in [9.17, 15) is 4.79 Å². The van der Waals surface area contributed by atoms with E-state index in [0.29, 0.717) is 18.5 Å². The van der Waals surface area contributed by atoms with Gasteiger partial charge in [0.2, 0.25) is 0 Å². The van der Waals surface area contributed by atoms with Crippen LogP contribution in [-0.2, 0) is 0 Å². The minimum atomic E-state index is -0.186. The van der Waals surface area contributed by atoms with Gasteiger partial charge in [0.05, 0.1) is 7.11 Å². The Hall–Kier alpha value is -1.75. The highest BCUT2D eigenvalue weighted by molar-refractivity contribution is 5.89. The van der Waals surface area contributed by atoms with Gasteiger partial charge >= 0.3 is 6.03 Å². The van der Waals surface area contributed by atoms with E-state index in [2.05, 4.69) is 10.6 Å². The number of rotatable bonds is 4. The summed E-state index contributed by atoms with van der Waals surface area (Å²) in [6, 6.07) is 7.40. The van der Waals surface area contributed by atoms with Crippen LogP contribution in [0, 0.1) is 5.92 Å². The lowest BCUT2D eigenvalue weighted by molar-refractivity contribution is 0.250. The molecule has 0 spiro atoms. The van der Waals surface area contributed by atoms with E-state index in [-0.39, 0.29) is 6.03 Å². The monoisotopic (exact) mass is 263 g/mol. The van der Waals surface area contributed by atoms with Gasteiger partial charge in [-0.1, -0.05) is 6.07 Å². The van der Waals surface area contributed by atoms with Gasteiger partial charge in [-0.2, -0.15) is 0 Å². The van der Waals surface area contributed by atoms with Gasteiger partial charge in [0, 0.05) is 24.3 Å². The molecule has 2 atom stereocenters. The highest BCUT2D eigenvalue weighted by Gasteiger charge is 2.21. The van der Waals surface area contributed by atoms with E-state index < -0.39 is 0 Å². The van der Waals surface area contributed by atoms with Crippen molar-refractivity contribution in [2.24, 2.45) is 11.7 Å². The lowest BCUT2D eigenvalue weighted by Crippen LogP contribution is -2.32. The van der Waals surface area contributed by atoms with Gasteiger partial charge in [0.1, 0.15) is 5.75 Å². The number of hydrogen-bond acceptors (Lipinski definition) is 3. The van der Waals surface area contributed by atoms with Crippen molar-refractivity contribution < 1.29 is 9.53 Å². The molecule has 0 aliphatic heterocycles. The second kappa shape index (κ2) is 6.43.